The highest BCUT2D eigenvalue weighted by molar-refractivity contribution is 6.02. The van der Waals surface area contributed by atoms with Gasteiger partial charge in [0.15, 0.2) is 17.3 Å². The Morgan fingerprint density at radius 1 is 1.14 bits per heavy atom. The lowest BCUT2D eigenvalue weighted by Gasteiger charge is -2.14. The van der Waals surface area contributed by atoms with Crippen molar-refractivity contribution in [1.82, 2.24) is 0 Å². The minimum Gasteiger partial charge on any atom is -0.508 e. The fourth-order valence-electron chi connectivity index (χ4n) is 2.95. The Balaban J connectivity index is 1.69. The lowest BCUT2D eigenvalue weighted by molar-refractivity contribution is 0.0992. The number of hydrogen-bond donors (Lipinski definition) is 2. The van der Waals surface area contributed by atoms with Crippen LogP contribution >= 0.6 is 0 Å². The zero-order valence-corrected chi connectivity index (χ0v) is 17.0. The second-order valence-electron chi connectivity index (χ2n) is 7.04. The van der Waals surface area contributed by atoms with Crippen LogP contribution in [0, 0.1) is 6.92 Å². The molecule has 0 spiro atoms. The summed E-state index contributed by atoms with van der Waals surface area (Å²) < 4.78 is 16.6. The SMILES string of the molecule is COc1ccccc1OCc1ccc(C(=O)Nc2cc(C(C)C)c(O)cc2C)o1. The molecule has 0 saturated heterocycles. The van der Waals surface area contributed by atoms with Crippen LogP contribution in [0.1, 0.15) is 47.2 Å². The number of aryl methyl sites for hydroxylation is 1. The van der Waals surface area contributed by atoms with E-state index in [1.165, 1.54) is 0 Å². The maximum Gasteiger partial charge on any atom is 0.291 e. The van der Waals surface area contributed by atoms with Gasteiger partial charge in [0, 0.05) is 5.69 Å². The minimum absolute atomic E-state index is 0.133. The van der Waals surface area contributed by atoms with Crippen LogP contribution in [0.5, 0.6) is 17.2 Å². The Bertz CT molecular complexity index is 1010. The van der Waals surface area contributed by atoms with Gasteiger partial charge in [0.2, 0.25) is 0 Å². The van der Waals surface area contributed by atoms with E-state index in [2.05, 4.69) is 5.32 Å². The minimum atomic E-state index is -0.364. The average Bonchev–Trinajstić information content (AvgIpc) is 3.17. The monoisotopic (exact) mass is 395 g/mol. The summed E-state index contributed by atoms with van der Waals surface area (Å²) >= 11 is 0. The number of anilines is 1. The normalized spacial score (nSPS) is 10.8. The third-order valence-electron chi connectivity index (χ3n) is 4.57. The molecule has 2 aromatic carbocycles. The van der Waals surface area contributed by atoms with E-state index in [0.717, 1.165) is 11.1 Å². The van der Waals surface area contributed by atoms with Gasteiger partial charge in [-0.2, -0.15) is 0 Å². The molecule has 3 rings (SSSR count). The predicted octanol–water partition coefficient (Wildman–Crippen LogP) is 5.26. The molecule has 0 aliphatic rings. The summed E-state index contributed by atoms with van der Waals surface area (Å²) in [7, 11) is 1.58. The van der Waals surface area contributed by atoms with Crippen molar-refractivity contribution in [3.05, 3.63) is 71.2 Å². The molecule has 1 amide bonds. The van der Waals surface area contributed by atoms with Gasteiger partial charge in [0.1, 0.15) is 18.1 Å². The number of furan rings is 1. The number of rotatable bonds is 7. The summed E-state index contributed by atoms with van der Waals surface area (Å²) in [5, 5.41) is 12.9. The summed E-state index contributed by atoms with van der Waals surface area (Å²) in [5.41, 5.74) is 2.18. The van der Waals surface area contributed by atoms with Crippen LogP contribution in [0.2, 0.25) is 0 Å². The lowest BCUT2D eigenvalue weighted by Crippen LogP contribution is -2.12. The smallest absolute Gasteiger partial charge is 0.291 e. The van der Waals surface area contributed by atoms with E-state index in [1.807, 2.05) is 39.0 Å². The van der Waals surface area contributed by atoms with Gasteiger partial charge in [-0.15, -0.1) is 0 Å². The van der Waals surface area contributed by atoms with Gasteiger partial charge in [0.05, 0.1) is 7.11 Å². The van der Waals surface area contributed by atoms with Crippen LogP contribution < -0.4 is 14.8 Å². The van der Waals surface area contributed by atoms with Gasteiger partial charge in [-0.1, -0.05) is 26.0 Å². The number of phenolic OH excluding ortho intramolecular Hbond substituents is 1. The van der Waals surface area contributed by atoms with Crippen LogP contribution in [-0.2, 0) is 6.61 Å². The summed E-state index contributed by atoms with van der Waals surface area (Å²) in [4.78, 5) is 12.6. The molecule has 152 valence electrons. The van der Waals surface area contributed by atoms with Crippen molar-refractivity contribution in [1.29, 1.82) is 0 Å². The molecule has 0 saturated carbocycles. The van der Waals surface area contributed by atoms with Crippen LogP contribution in [0.3, 0.4) is 0 Å². The molecule has 0 fully saturated rings. The fourth-order valence-corrected chi connectivity index (χ4v) is 2.95. The summed E-state index contributed by atoms with van der Waals surface area (Å²) in [5.74, 6) is 1.92. The number of carbonyl (C=O) groups excluding carboxylic acids is 1. The number of hydrogen-bond acceptors (Lipinski definition) is 5. The highest BCUT2D eigenvalue weighted by atomic mass is 16.5. The molecule has 2 N–H and O–H groups in total. The Labute approximate surface area is 170 Å². The molecule has 0 unspecified atom stereocenters. The lowest BCUT2D eigenvalue weighted by atomic mass is 9.99. The van der Waals surface area contributed by atoms with Crippen molar-refractivity contribution in [3.63, 3.8) is 0 Å². The third-order valence-corrected chi connectivity index (χ3v) is 4.57. The van der Waals surface area contributed by atoms with Crippen LogP contribution in [0.25, 0.3) is 0 Å². The second kappa shape index (κ2) is 8.73. The van der Waals surface area contributed by atoms with E-state index < -0.39 is 0 Å². The van der Waals surface area contributed by atoms with Crippen LogP contribution in [0.15, 0.2) is 52.9 Å². The number of benzene rings is 2. The van der Waals surface area contributed by atoms with E-state index in [9.17, 15) is 9.90 Å². The van der Waals surface area contributed by atoms with Gasteiger partial charge in [-0.05, 0) is 60.4 Å². The zero-order valence-electron chi connectivity index (χ0n) is 17.0. The Hall–Kier alpha value is -3.41. The van der Waals surface area contributed by atoms with Crippen LogP contribution in [-0.4, -0.2) is 18.1 Å². The van der Waals surface area contributed by atoms with E-state index >= 15 is 0 Å². The first-order valence-corrected chi connectivity index (χ1v) is 9.38. The van der Waals surface area contributed by atoms with Crippen molar-refractivity contribution in [2.75, 3.05) is 12.4 Å². The van der Waals surface area contributed by atoms with Crippen molar-refractivity contribution in [2.24, 2.45) is 0 Å². The molecule has 1 heterocycles. The second-order valence-corrected chi connectivity index (χ2v) is 7.04. The van der Waals surface area contributed by atoms with E-state index in [-0.39, 0.29) is 29.9 Å². The van der Waals surface area contributed by atoms with Gasteiger partial charge in [-0.25, -0.2) is 0 Å². The van der Waals surface area contributed by atoms with Crippen molar-refractivity contribution >= 4 is 11.6 Å². The number of amides is 1. The molecule has 1 aromatic heterocycles. The van der Waals surface area contributed by atoms with Gasteiger partial charge in [-0.3, -0.25) is 4.79 Å². The highest BCUT2D eigenvalue weighted by Gasteiger charge is 2.16. The number of nitrogens with one attached hydrogen (secondary N) is 1. The molecule has 0 atom stereocenters. The summed E-state index contributed by atoms with van der Waals surface area (Å²) in [6, 6.07) is 14.1. The zero-order chi connectivity index (χ0) is 21.0. The first kappa shape index (κ1) is 20.3. The fraction of sp³-hybridized carbons (Fsp3) is 0.261. The van der Waals surface area contributed by atoms with E-state index in [1.54, 1.807) is 37.4 Å². The molecule has 0 bridgehead atoms. The number of phenols is 1. The maximum atomic E-state index is 12.6. The summed E-state index contributed by atoms with van der Waals surface area (Å²) in [6.45, 7) is 5.96. The highest BCUT2D eigenvalue weighted by Crippen LogP contribution is 2.31. The largest absolute Gasteiger partial charge is 0.508 e. The predicted molar refractivity (Wildman–Crippen MR) is 111 cm³/mol. The molecule has 0 aliphatic heterocycles. The quantitative estimate of drug-likeness (QED) is 0.534. The Morgan fingerprint density at radius 3 is 2.55 bits per heavy atom. The maximum absolute atomic E-state index is 12.6. The molecule has 0 aliphatic carbocycles. The third kappa shape index (κ3) is 4.71. The molecular weight excluding hydrogens is 370 g/mol. The molecule has 6 heteroatoms. The first-order valence-electron chi connectivity index (χ1n) is 9.38. The summed E-state index contributed by atoms with van der Waals surface area (Å²) in [6.07, 6.45) is 0. The molecule has 6 nitrogen and oxygen atoms in total. The van der Waals surface area contributed by atoms with Crippen molar-refractivity contribution in [3.8, 4) is 17.2 Å². The van der Waals surface area contributed by atoms with Gasteiger partial charge in [0.25, 0.3) is 5.91 Å². The number of methoxy groups -OCH3 is 1. The standard InChI is InChI=1S/C23H25NO5/c1-14(2)17-12-18(15(3)11-19(17)25)24-23(26)22-10-9-16(29-22)13-28-21-8-6-5-7-20(21)27-4/h5-12,14,25H,13H2,1-4H3,(H,24,26). The van der Waals surface area contributed by atoms with Crippen LogP contribution in [0.4, 0.5) is 5.69 Å². The Morgan fingerprint density at radius 2 is 1.86 bits per heavy atom. The van der Waals surface area contributed by atoms with Gasteiger partial charge < -0.3 is 24.3 Å². The molecule has 3 aromatic rings. The number of carbonyl (C=O) groups is 1. The molecule has 0 radical (unpaired) electrons. The number of para-hydroxylation sites is 2. The first-order chi connectivity index (χ1) is 13.9. The molecular formula is C23H25NO5. The van der Waals surface area contributed by atoms with Crippen molar-refractivity contribution in [2.45, 2.75) is 33.3 Å². The topological polar surface area (TPSA) is 80.9 Å². The number of aromatic hydroxyl groups is 1. The molecule has 29 heavy (non-hydrogen) atoms. The number of ether oxygens (including phenoxy) is 2. The van der Waals surface area contributed by atoms with Crippen molar-refractivity contribution < 1.29 is 23.8 Å². The average molecular weight is 395 g/mol. The Kier molecular flexibility index (Phi) is 6.12. The van der Waals surface area contributed by atoms with Gasteiger partial charge >= 0.3 is 0 Å². The van der Waals surface area contributed by atoms with E-state index in [4.69, 9.17) is 13.9 Å². The van der Waals surface area contributed by atoms with E-state index in [0.29, 0.717) is 22.9 Å².